The summed E-state index contributed by atoms with van der Waals surface area (Å²) in [6.45, 7) is 10.9. The average Bonchev–Trinajstić information content (AvgIpc) is 2.73. The zero-order valence-electron chi connectivity index (χ0n) is 13.1. The molecule has 20 heavy (non-hydrogen) atoms. The number of rotatable bonds is 9. The highest BCUT2D eigenvalue weighted by Crippen LogP contribution is 2.26. The third-order valence-corrected chi connectivity index (χ3v) is 3.59. The quantitative estimate of drug-likeness (QED) is 0.683. The van der Waals surface area contributed by atoms with Crippen LogP contribution in [0, 0.1) is 12.3 Å². The molecule has 1 aromatic rings. The Labute approximate surface area is 121 Å². The summed E-state index contributed by atoms with van der Waals surface area (Å²) >= 11 is 0. The van der Waals surface area contributed by atoms with E-state index in [1.54, 1.807) is 0 Å². The number of carboxylic acid groups (broad SMARTS) is 1. The van der Waals surface area contributed by atoms with E-state index in [-0.39, 0.29) is 11.8 Å². The number of hydrogen-bond acceptors (Lipinski definition) is 3. The monoisotopic (exact) mass is 281 g/mol. The first-order valence-corrected chi connectivity index (χ1v) is 7.30. The third kappa shape index (κ3) is 5.74. The molecule has 0 saturated heterocycles. The zero-order valence-corrected chi connectivity index (χ0v) is 13.1. The molecule has 2 N–H and O–H groups in total. The Morgan fingerprint density at radius 2 is 2.15 bits per heavy atom. The van der Waals surface area contributed by atoms with Crippen molar-refractivity contribution in [1.82, 2.24) is 15.1 Å². The minimum absolute atomic E-state index is 0.0618. The smallest absolute Gasteiger partial charge is 0.303 e. The summed E-state index contributed by atoms with van der Waals surface area (Å²) in [5.41, 5.74) is 2.31. The fourth-order valence-electron chi connectivity index (χ4n) is 2.23. The zero-order chi connectivity index (χ0) is 15.2. The van der Waals surface area contributed by atoms with Crippen LogP contribution in [0.3, 0.4) is 0 Å². The maximum absolute atomic E-state index is 10.6. The van der Waals surface area contributed by atoms with Crippen molar-refractivity contribution >= 4 is 5.97 Å². The topological polar surface area (TPSA) is 67.2 Å². The summed E-state index contributed by atoms with van der Waals surface area (Å²) in [5, 5.41) is 16.6. The molecule has 0 fully saturated rings. The van der Waals surface area contributed by atoms with E-state index in [0.717, 1.165) is 38.2 Å². The number of nitrogens with one attached hydrogen (secondary N) is 1. The number of hydrogen-bond donors (Lipinski definition) is 2. The minimum Gasteiger partial charge on any atom is -0.481 e. The Morgan fingerprint density at radius 1 is 1.45 bits per heavy atom. The summed E-state index contributed by atoms with van der Waals surface area (Å²) in [4.78, 5) is 10.6. The summed E-state index contributed by atoms with van der Waals surface area (Å²) < 4.78 is 2.01. The maximum Gasteiger partial charge on any atom is 0.303 e. The Morgan fingerprint density at radius 3 is 2.75 bits per heavy atom. The van der Waals surface area contributed by atoms with Gasteiger partial charge in [0, 0.05) is 19.5 Å². The van der Waals surface area contributed by atoms with Crippen LogP contribution in [0.5, 0.6) is 0 Å². The van der Waals surface area contributed by atoms with E-state index in [1.807, 2.05) is 11.6 Å². The van der Waals surface area contributed by atoms with Crippen LogP contribution >= 0.6 is 0 Å². The van der Waals surface area contributed by atoms with Crippen molar-refractivity contribution in [3.8, 4) is 0 Å². The highest BCUT2D eigenvalue weighted by molar-refractivity contribution is 5.66. The van der Waals surface area contributed by atoms with Gasteiger partial charge in [-0.05, 0) is 44.7 Å². The van der Waals surface area contributed by atoms with Gasteiger partial charge in [0.15, 0.2) is 0 Å². The van der Waals surface area contributed by atoms with Crippen molar-refractivity contribution in [3.63, 3.8) is 0 Å². The van der Waals surface area contributed by atoms with Crippen molar-refractivity contribution in [1.29, 1.82) is 0 Å². The second-order valence-electron chi connectivity index (χ2n) is 6.08. The van der Waals surface area contributed by atoms with E-state index >= 15 is 0 Å². The van der Waals surface area contributed by atoms with E-state index in [9.17, 15) is 4.79 Å². The van der Waals surface area contributed by atoms with Crippen LogP contribution < -0.4 is 5.32 Å². The Kier molecular flexibility index (Phi) is 6.20. The van der Waals surface area contributed by atoms with Crippen LogP contribution in [0.1, 0.15) is 51.4 Å². The Bertz CT molecular complexity index is 438. The van der Waals surface area contributed by atoms with Gasteiger partial charge in [-0.1, -0.05) is 13.8 Å². The molecular weight excluding hydrogens is 254 g/mol. The SMILES string of the molecule is CCn1nc(C)cc1CNCCC(C)(C)CCC(=O)O. The van der Waals surface area contributed by atoms with Crippen LogP contribution in [-0.2, 0) is 17.9 Å². The first kappa shape index (κ1) is 16.7. The van der Waals surface area contributed by atoms with Crippen LogP contribution in [0.4, 0.5) is 0 Å². The van der Waals surface area contributed by atoms with Gasteiger partial charge < -0.3 is 10.4 Å². The Balaban J connectivity index is 2.32. The number of nitrogens with zero attached hydrogens (tertiary/aromatic N) is 2. The molecule has 1 heterocycles. The van der Waals surface area contributed by atoms with Crippen LogP contribution in [0.15, 0.2) is 6.07 Å². The molecule has 5 heteroatoms. The molecule has 0 atom stereocenters. The summed E-state index contributed by atoms with van der Waals surface area (Å²) in [5.74, 6) is -0.714. The predicted octanol–water partition coefficient (Wildman–Crippen LogP) is 2.58. The van der Waals surface area contributed by atoms with Gasteiger partial charge in [0.05, 0.1) is 11.4 Å². The second-order valence-corrected chi connectivity index (χ2v) is 6.08. The molecule has 0 spiro atoms. The number of aryl methyl sites for hydroxylation is 2. The van der Waals surface area contributed by atoms with Gasteiger partial charge in [-0.2, -0.15) is 5.10 Å². The van der Waals surface area contributed by atoms with Gasteiger partial charge in [0.1, 0.15) is 0 Å². The van der Waals surface area contributed by atoms with E-state index in [2.05, 4.69) is 37.3 Å². The standard InChI is InChI=1S/C15H27N3O2/c1-5-18-13(10-12(2)17-18)11-16-9-8-15(3,4)7-6-14(19)20/h10,16H,5-9,11H2,1-4H3,(H,19,20). The largest absolute Gasteiger partial charge is 0.481 e. The highest BCUT2D eigenvalue weighted by atomic mass is 16.4. The van der Waals surface area contributed by atoms with Gasteiger partial charge in [-0.3, -0.25) is 9.48 Å². The van der Waals surface area contributed by atoms with Gasteiger partial charge >= 0.3 is 5.97 Å². The molecule has 114 valence electrons. The second kappa shape index (κ2) is 7.43. The molecule has 0 unspecified atom stereocenters. The lowest BCUT2D eigenvalue weighted by Crippen LogP contribution is -2.24. The minimum atomic E-state index is -0.714. The molecule has 0 radical (unpaired) electrons. The van der Waals surface area contributed by atoms with Gasteiger partial charge in [0.2, 0.25) is 0 Å². The molecule has 5 nitrogen and oxygen atoms in total. The molecular formula is C15H27N3O2. The molecule has 0 aliphatic rings. The molecule has 1 rings (SSSR count). The van der Waals surface area contributed by atoms with Crippen molar-refractivity contribution < 1.29 is 9.90 Å². The first-order chi connectivity index (χ1) is 9.34. The normalized spacial score (nSPS) is 11.8. The van der Waals surface area contributed by atoms with Gasteiger partial charge in [-0.15, -0.1) is 0 Å². The lowest BCUT2D eigenvalue weighted by atomic mass is 9.84. The van der Waals surface area contributed by atoms with E-state index in [4.69, 9.17) is 5.11 Å². The molecule has 0 aromatic carbocycles. The average molecular weight is 281 g/mol. The summed E-state index contributed by atoms with van der Waals surface area (Å²) in [6, 6.07) is 2.10. The fourth-order valence-corrected chi connectivity index (χ4v) is 2.23. The molecule has 0 saturated carbocycles. The van der Waals surface area contributed by atoms with Gasteiger partial charge in [-0.25, -0.2) is 0 Å². The van der Waals surface area contributed by atoms with Crippen molar-refractivity contribution in [2.24, 2.45) is 5.41 Å². The summed E-state index contributed by atoms with van der Waals surface area (Å²) in [6.07, 6.45) is 1.93. The first-order valence-electron chi connectivity index (χ1n) is 7.30. The number of aliphatic carboxylic acids is 1. The summed E-state index contributed by atoms with van der Waals surface area (Å²) in [7, 11) is 0. The van der Waals surface area contributed by atoms with E-state index < -0.39 is 5.97 Å². The predicted molar refractivity (Wildman–Crippen MR) is 79.6 cm³/mol. The fraction of sp³-hybridized carbons (Fsp3) is 0.733. The number of aromatic nitrogens is 2. The maximum atomic E-state index is 10.6. The molecule has 0 amide bonds. The van der Waals surface area contributed by atoms with Crippen molar-refractivity contribution in [3.05, 3.63) is 17.5 Å². The van der Waals surface area contributed by atoms with Crippen LogP contribution in [-0.4, -0.2) is 27.4 Å². The lowest BCUT2D eigenvalue weighted by Gasteiger charge is -2.23. The molecule has 0 aliphatic heterocycles. The van der Waals surface area contributed by atoms with Crippen LogP contribution in [0.25, 0.3) is 0 Å². The third-order valence-electron chi connectivity index (χ3n) is 3.59. The highest BCUT2D eigenvalue weighted by Gasteiger charge is 2.18. The lowest BCUT2D eigenvalue weighted by molar-refractivity contribution is -0.137. The molecule has 1 aromatic heterocycles. The van der Waals surface area contributed by atoms with Crippen molar-refractivity contribution in [2.45, 2.75) is 60.0 Å². The number of carbonyl (C=O) groups is 1. The number of carboxylic acids is 1. The van der Waals surface area contributed by atoms with E-state index in [1.165, 1.54) is 5.69 Å². The molecule has 0 aliphatic carbocycles. The molecule has 0 bridgehead atoms. The van der Waals surface area contributed by atoms with E-state index in [0.29, 0.717) is 0 Å². The van der Waals surface area contributed by atoms with Crippen LogP contribution in [0.2, 0.25) is 0 Å². The van der Waals surface area contributed by atoms with Gasteiger partial charge in [0.25, 0.3) is 0 Å². The van der Waals surface area contributed by atoms with Crippen molar-refractivity contribution in [2.75, 3.05) is 6.54 Å². The Hall–Kier alpha value is -1.36.